The second-order valence-electron chi connectivity index (χ2n) is 5.50. The summed E-state index contributed by atoms with van der Waals surface area (Å²) >= 11 is 0. The molecule has 1 unspecified atom stereocenters. The molecule has 2 rings (SSSR count). The summed E-state index contributed by atoms with van der Waals surface area (Å²) in [5.41, 5.74) is -2.35. The Morgan fingerprint density at radius 3 is 2.56 bits per heavy atom. The lowest BCUT2D eigenvalue weighted by atomic mass is 9.97. The third-order valence-corrected chi connectivity index (χ3v) is 3.67. The normalized spacial score (nSPS) is 14.4. The van der Waals surface area contributed by atoms with Crippen molar-refractivity contribution >= 4 is 12.0 Å². The molecule has 0 aliphatic carbocycles. The summed E-state index contributed by atoms with van der Waals surface area (Å²) in [4.78, 5) is 15.3. The maximum atomic E-state index is 13.3. The molecule has 0 bridgehead atoms. The molecule has 1 aromatic carbocycles. The third-order valence-electron chi connectivity index (χ3n) is 3.67. The molecule has 8 heteroatoms. The molecular weight excluding hydrogens is 335 g/mol. The molecular formula is C17H18F3N3O2. The van der Waals surface area contributed by atoms with Gasteiger partial charge in [-0.1, -0.05) is 30.3 Å². The minimum Gasteiger partial charge on any atom is -0.374 e. The second kappa shape index (κ2) is 7.52. The molecule has 1 heterocycles. The zero-order chi connectivity index (χ0) is 18.5. The number of imidazole rings is 1. The first kappa shape index (κ1) is 18.7. The highest BCUT2D eigenvalue weighted by molar-refractivity contribution is 5.91. The summed E-state index contributed by atoms with van der Waals surface area (Å²) < 4.78 is 41.0. The van der Waals surface area contributed by atoms with Crippen molar-refractivity contribution < 1.29 is 23.1 Å². The Balaban J connectivity index is 1.99. The van der Waals surface area contributed by atoms with Crippen LogP contribution in [-0.2, 0) is 17.4 Å². The maximum absolute atomic E-state index is 13.3. The van der Waals surface area contributed by atoms with Crippen LogP contribution in [0.1, 0.15) is 17.8 Å². The van der Waals surface area contributed by atoms with Crippen molar-refractivity contribution in [3.63, 3.8) is 0 Å². The van der Waals surface area contributed by atoms with Gasteiger partial charge in [-0.2, -0.15) is 13.2 Å². The molecule has 0 fully saturated rings. The average Bonchev–Trinajstić information content (AvgIpc) is 2.99. The molecule has 0 saturated carbocycles. The third kappa shape index (κ3) is 4.48. The maximum Gasteiger partial charge on any atom is 0.424 e. The number of hydrogen-bond acceptors (Lipinski definition) is 3. The Labute approximate surface area is 142 Å². The van der Waals surface area contributed by atoms with E-state index in [1.807, 2.05) is 6.07 Å². The molecule has 0 aliphatic heterocycles. The number of nitrogens with zero attached hydrogens (tertiary/aromatic N) is 2. The van der Waals surface area contributed by atoms with E-state index in [0.29, 0.717) is 0 Å². The Kier molecular flexibility index (Phi) is 5.63. The second-order valence-corrected chi connectivity index (χ2v) is 5.50. The van der Waals surface area contributed by atoms with Crippen LogP contribution in [0, 0.1) is 0 Å². The summed E-state index contributed by atoms with van der Waals surface area (Å²) in [5, 5.41) is 12.5. The lowest BCUT2D eigenvalue weighted by Gasteiger charge is -2.29. The predicted molar refractivity (Wildman–Crippen MR) is 86.3 cm³/mol. The van der Waals surface area contributed by atoms with Gasteiger partial charge in [0.15, 0.2) is 0 Å². The van der Waals surface area contributed by atoms with Gasteiger partial charge < -0.3 is 15.0 Å². The number of nitrogens with one attached hydrogen (secondary N) is 1. The number of aryl methyl sites for hydroxylation is 1. The van der Waals surface area contributed by atoms with Gasteiger partial charge in [0.2, 0.25) is 11.5 Å². The highest BCUT2D eigenvalue weighted by Gasteiger charge is 2.57. The van der Waals surface area contributed by atoms with E-state index >= 15 is 0 Å². The van der Waals surface area contributed by atoms with E-state index in [-0.39, 0.29) is 6.54 Å². The predicted octanol–water partition coefficient (Wildman–Crippen LogP) is 2.39. The minimum absolute atomic E-state index is 0.360. The largest absolute Gasteiger partial charge is 0.424 e. The van der Waals surface area contributed by atoms with Crippen molar-refractivity contribution in [2.45, 2.75) is 18.2 Å². The summed E-state index contributed by atoms with van der Waals surface area (Å²) in [7, 11) is 1.36. The first-order valence-electron chi connectivity index (χ1n) is 7.52. The van der Waals surface area contributed by atoms with E-state index in [2.05, 4.69) is 10.3 Å². The Morgan fingerprint density at radius 1 is 1.32 bits per heavy atom. The van der Waals surface area contributed by atoms with Crippen LogP contribution in [0.25, 0.3) is 6.08 Å². The number of alkyl halides is 3. The highest BCUT2D eigenvalue weighted by atomic mass is 19.4. The number of carbonyl (C=O) groups is 1. The van der Waals surface area contributed by atoms with Crippen molar-refractivity contribution in [3.05, 3.63) is 60.2 Å². The Hall–Kier alpha value is -2.61. The van der Waals surface area contributed by atoms with Crippen molar-refractivity contribution in [1.82, 2.24) is 14.9 Å². The highest BCUT2D eigenvalue weighted by Crippen LogP contribution is 2.40. The summed E-state index contributed by atoms with van der Waals surface area (Å²) in [6, 6.07) is 9.00. The van der Waals surface area contributed by atoms with Gasteiger partial charge >= 0.3 is 6.18 Å². The summed E-state index contributed by atoms with van der Waals surface area (Å²) in [6.07, 6.45) is -0.407. The van der Waals surface area contributed by atoms with E-state index in [1.165, 1.54) is 25.5 Å². The molecule has 0 aliphatic rings. The standard InChI is InChI=1S/C17H18F3N3O2/c1-23-12-11-22-15(23)16(25,17(18,19)20)9-10-21-14(24)8-7-13-5-3-2-4-6-13/h2-8,11-12,25H,9-10H2,1H3,(H,21,24)/b8-7+. The molecule has 134 valence electrons. The topological polar surface area (TPSA) is 67.2 Å². The van der Waals surface area contributed by atoms with Crippen molar-refractivity contribution in [1.29, 1.82) is 0 Å². The van der Waals surface area contributed by atoms with E-state index in [4.69, 9.17) is 0 Å². The number of hydrogen-bond donors (Lipinski definition) is 2. The average molecular weight is 353 g/mol. The van der Waals surface area contributed by atoms with Crippen LogP contribution in [0.5, 0.6) is 0 Å². The quantitative estimate of drug-likeness (QED) is 0.784. The van der Waals surface area contributed by atoms with Crippen LogP contribution < -0.4 is 5.32 Å². The number of aromatic nitrogens is 2. The molecule has 0 radical (unpaired) electrons. The SMILES string of the molecule is Cn1ccnc1C(O)(CCNC(=O)/C=C/c1ccccc1)C(F)(F)F. The van der Waals surface area contributed by atoms with E-state index < -0.39 is 29.9 Å². The van der Waals surface area contributed by atoms with Crippen LogP contribution in [-0.4, -0.2) is 33.3 Å². The lowest BCUT2D eigenvalue weighted by molar-refractivity contribution is -0.272. The fourth-order valence-corrected chi connectivity index (χ4v) is 2.31. The van der Waals surface area contributed by atoms with E-state index in [0.717, 1.165) is 10.1 Å². The summed E-state index contributed by atoms with van der Waals surface area (Å²) in [6.45, 7) is -0.360. The van der Waals surface area contributed by atoms with Crippen LogP contribution in [0.2, 0.25) is 0 Å². The fraction of sp³-hybridized carbons (Fsp3) is 0.294. The number of rotatable bonds is 6. The van der Waals surface area contributed by atoms with Crippen LogP contribution in [0.3, 0.4) is 0 Å². The molecule has 2 N–H and O–H groups in total. The first-order valence-corrected chi connectivity index (χ1v) is 7.52. The Morgan fingerprint density at radius 2 is 2.00 bits per heavy atom. The molecule has 0 saturated heterocycles. The Bertz CT molecular complexity index is 741. The fourth-order valence-electron chi connectivity index (χ4n) is 2.31. The molecule has 1 aromatic heterocycles. The number of benzene rings is 1. The molecule has 25 heavy (non-hydrogen) atoms. The van der Waals surface area contributed by atoms with Gasteiger partial charge in [0.1, 0.15) is 5.82 Å². The lowest BCUT2D eigenvalue weighted by Crippen LogP contribution is -2.46. The number of aliphatic hydroxyl groups is 1. The molecule has 1 atom stereocenters. The van der Waals surface area contributed by atoms with Gasteiger partial charge in [0.25, 0.3) is 0 Å². The van der Waals surface area contributed by atoms with Gasteiger partial charge in [-0.3, -0.25) is 4.79 Å². The summed E-state index contributed by atoms with van der Waals surface area (Å²) in [5.74, 6) is -1.07. The van der Waals surface area contributed by atoms with E-state index in [1.54, 1.807) is 30.3 Å². The van der Waals surface area contributed by atoms with Crippen LogP contribution in [0.4, 0.5) is 13.2 Å². The van der Waals surface area contributed by atoms with Gasteiger partial charge in [-0.05, 0) is 11.6 Å². The van der Waals surface area contributed by atoms with Crippen molar-refractivity contribution in [2.75, 3.05) is 6.54 Å². The van der Waals surface area contributed by atoms with Crippen LogP contribution >= 0.6 is 0 Å². The van der Waals surface area contributed by atoms with Crippen molar-refractivity contribution in [3.8, 4) is 0 Å². The first-order chi connectivity index (χ1) is 11.7. The smallest absolute Gasteiger partial charge is 0.374 e. The monoisotopic (exact) mass is 353 g/mol. The zero-order valence-electron chi connectivity index (χ0n) is 13.5. The van der Waals surface area contributed by atoms with Gasteiger partial charge in [0.05, 0.1) is 0 Å². The molecule has 1 amide bonds. The molecule has 2 aromatic rings. The van der Waals surface area contributed by atoms with Crippen molar-refractivity contribution in [2.24, 2.45) is 7.05 Å². The van der Waals surface area contributed by atoms with Gasteiger partial charge in [-0.25, -0.2) is 4.98 Å². The molecule has 0 spiro atoms. The van der Waals surface area contributed by atoms with Crippen LogP contribution in [0.15, 0.2) is 48.8 Å². The van der Waals surface area contributed by atoms with E-state index in [9.17, 15) is 23.1 Å². The van der Waals surface area contributed by atoms with Gasteiger partial charge in [-0.15, -0.1) is 0 Å². The number of carbonyl (C=O) groups excluding carboxylic acids is 1. The minimum atomic E-state index is -4.92. The van der Waals surface area contributed by atoms with Gasteiger partial charge in [0, 0.05) is 38.5 Å². The zero-order valence-corrected chi connectivity index (χ0v) is 13.5. The number of amides is 1. The number of halogens is 3. The molecule has 5 nitrogen and oxygen atoms in total.